The van der Waals surface area contributed by atoms with Gasteiger partial charge in [-0.15, -0.1) is 0 Å². The Labute approximate surface area is 90.8 Å². The lowest BCUT2D eigenvalue weighted by Gasteiger charge is -2.01. The number of hydrogen-bond acceptors (Lipinski definition) is 2. The highest BCUT2D eigenvalue weighted by Crippen LogP contribution is 2.09. The van der Waals surface area contributed by atoms with Gasteiger partial charge in [-0.3, -0.25) is 0 Å². The first-order valence-corrected chi connectivity index (χ1v) is 6.13. The van der Waals surface area contributed by atoms with Crippen molar-refractivity contribution in [2.24, 2.45) is 11.5 Å². The minimum Gasteiger partial charge on any atom is -0.330 e. The van der Waals surface area contributed by atoms with Crippen molar-refractivity contribution in [3.05, 3.63) is 0 Å². The van der Waals surface area contributed by atoms with Crippen molar-refractivity contribution < 1.29 is 1.37 Å². The standard InChI is InChI=1S/C12H28N2/c13-11-9-7-5-3-1-2-4-6-8-10-12-14/h1-14H2/i7D. The van der Waals surface area contributed by atoms with Crippen molar-refractivity contribution in [1.29, 1.82) is 0 Å². The Bertz CT molecular complexity index is 120. The summed E-state index contributed by atoms with van der Waals surface area (Å²) in [5.74, 6) is 0. The molecule has 0 radical (unpaired) electrons. The minimum atomic E-state index is 0.0761. The predicted octanol–water partition coefficient (Wildman–Crippen LogP) is 2.80. The second-order valence-corrected chi connectivity index (χ2v) is 3.92. The lowest BCUT2D eigenvalue weighted by Crippen LogP contribution is -1.97. The maximum Gasteiger partial charge on any atom is 0.0267 e. The molecule has 0 bridgehead atoms. The average molecular weight is 201 g/mol. The van der Waals surface area contributed by atoms with E-state index < -0.39 is 0 Å². The van der Waals surface area contributed by atoms with Gasteiger partial charge >= 0.3 is 0 Å². The van der Waals surface area contributed by atoms with E-state index in [-0.39, 0.29) is 6.40 Å². The zero-order valence-corrected chi connectivity index (χ0v) is 9.51. The lowest BCUT2D eigenvalue weighted by molar-refractivity contribution is 0.554. The molecule has 2 heteroatoms. The summed E-state index contributed by atoms with van der Waals surface area (Å²) >= 11 is 0. The molecule has 4 N–H and O–H groups in total. The van der Waals surface area contributed by atoms with Gasteiger partial charge in [-0.25, -0.2) is 0 Å². The highest BCUT2D eigenvalue weighted by Gasteiger charge is 1.91. The van der Waals surface area contributed by atoms with Crippen LogP contribution in [0.3, 0.4) is 0 Å². The van der Waals surface area contributed by atoms with Crippen molar-refractivity contribution in [3.8, 4) is 0 Å². The van der Waals surface area contributed by atoms with Gasteiger partial charge in [0.2, 0.25) is 0 Å². The number of rotatable bonds is 11. The SMILES string of the molecule is [2H]C(CCN)CCCCCCCCCN. The van der Waals surface area contributed by atoms with Crippen LogP contribution in [0.15, 0.2) is 0 Å². The molecule has 0 amide bonds. The molecule has 0 aliphatic carbocycles. The molecule has 0 fully saturated rings. The Hall–Kier alpha value is -0.0800. The summed E-state index contributed by atoms with van der Waals surface area (Å²) in [6.45, 7) is 1.49. The zero-order chi connectivity index (χ0) is 11.4. The van der Waals surface area contributed by atoms with Gasteiger partial charge < -0.3 is 11.5 Å². The lowest BCUT2D eigenvalue weighted by atomic mass is 10.1. The Morgan fingerprint density at radius 1 is 0.571 bits per heavy atom. The van der Waals surface area contributed by atoms with Crippen LogP contribution in [0.4, 0.5) is 0 Å². The summed E-state index contributed by atoms with van der Waals surface area (Å²) in [5.41, 5.74) is 10.8. The number of unbranched alkanes of at least 4 members (excludes halogenated alkanes) is 6. The van der Waals surface area contributed by atoms with E-state index in [1.807, 2.05) is 0 Å². The molecule has 1 unspecified atom stereocenters. The molecular formula is C12H28N2. The Balaban J connectivity index is 2.98. The van der Waals surface area contributed by atoms with Crippen LogP contribution >= 0.6 is 0 Å². The van der Waals surface area contributed by atoms with Gasteiger partial charge in [-0.05, 0) is 25.9 Å². The molecule has 1 atom stereocenters. The smallest absolute Gasteiger partial charge is 0.0267 e. The van der Waals surface area contributed by atoms with Gasteiger partial charge in [0.25, 0.3) is 0 Å². The zero-order valence-electron chi connectivity index (χ0n) is 10.5. The highest BCUT2D eigenvalue weighted by atomic mass is 14.5. The Kier molecular flexibility index (Phi) is 11.1. The quantitative estimate of drug-likeness (QED) is 0.505. The van der Waals surface area contributed by atoms with Gasteiger partial charge in [0.15, 0.2) is 0 Å². The van der Waals surface area contributed by atoms with Crippen molar-refractivity contribution in [2.75, 3.05) is 13.1 Å². The van der Waals surface area contributed by atoms with Crippen molar-refractivity contribution in [2.45, 2.75) is 64.2 Å². The molecule has 0 aromatic rings. The van der Waals surface area contributed by atoms with Crippen LogP contribution in [0.1, 0.15) is 65.6 Å². The second kappa shape index (κ2) is 12.9. The van der Waals surface area contributed by atoms with Gasteiger partial charge in [0.1, 0.15) is 0 Å². The maximum absolute atomic E-state index is 7.65. The molecule has 0 heterocycles. The first-order valence-electron chi connectivity index (χ1n) is 6.71. The summed E-state index contributed by atoms with van der Waals surface area (Å²) in [7, 11) is 0. The molecule has 2 nitrogen and oxygen atoms in total. The van der Waals surface area contributed by atoms with Crippen LogP contribution in [0, 0.1) is 0 Å². The summed E-state index contributed by atoms with van der Waals surface area (Å²) in [6.07, 6.45) is 10.9. The van der Waals surface area contributed by atoms with Crippen LogP contribution in [0.5, 0.6) is 0 Å². The summed E-state index contributed by atoms with van der Waals surface area (Å²) in [5, 5.41) is 0. The van der Waals surface area contributed by atoms with Gasteiger partial charge in [-0.2, -0.15) is 0 Å². The molecule has 0 rings (SSSR count). The molecule has 0 saturated heterocycles. The van der Waals surface area contributed by atoms with Gasteiger partial charge in [0.05, 0.1) is 0 Å². The van der Waals surface area contributed by atoms with E-state index in [2.05, 4.69) is 0 Å². The predicted molar refractivity (Wildman–Crippen MR) is 64.3 cm³/mol. The van der Waals surface area contributed by atoms with E-state index in [9.17, 15) is 0 Å². The van der Waals surface area contributed by atoms with E-state index in [1.165, 1.54) is 44.9 Å². The third kappa shape index (κ3) is 11.9. The van der Waals surface area contributed by atoms with Gasteiger partial charge in [0, 0.05) is 1.37 Å². The first-order chi connectivity index (χ1) is 7.31. The van der Waals surface area contributed by atoms with Crippen LogP contribution < -0.4 is 11.5 Å². The normalized spacial score (nSPS) is 14.0. The van der Waals surface area contributed by atoms with Gasteiger partial charge in [-0.1, -0.05) is 51.3 Å². The Morgan fingerprint density at radius 3 is 1.50 bits per heavy atom. The molecule has 0 saturated carbocycles. The molecular weight excluding hydrogens is 172 g/mol. The topological polar surface area (TPSA) is 52.0 Å². The fraction of sp³-hybridized carbons (Fsp3) is 1.00. The third-order valence-electron chi connectivity index (χ3n) is 2.48. The fourth-order valence-corrected chi connectivity index (χ4v) is 1.58. The maximum atomic E-state index is 7.65. The highest BCUT2D eigenvalue weighted by molar-refractivity contribution is 4.48. The summed E-state index contributed by atoms with van der Waals surface area (Å²) < 4.78 is 7.65. The molecule has 0 aromatic heterocycles. The molecule has 86 valence electrons. The number of nitrogens with two attached hydrogens (primary N) is 2. The minimum absolute atomic E-state index is 0.0761. The van der Waals surface area contributed by atoms with Crippen LogP contribution in [0.25, 0.3) is 0 Å². The second-order valence-electron chi connectivity index (χ2n) is 3.92. The van der Waals surface area contributed by atoms with Crippen molar-refractivity contribution in [3.63, 3.8) is 0 Å². The Morgan fingerprint density at radius 2 is 1.00 bits per heavy atom. The number of hydrogen-bond donors (Lipinski definition) is 2. The molecule has 0 aliphatic rings. The fourth-order valence-electron chi connectivity index (χ4n) is 1.58. The summed E-state index contributed by atoms with van der Waals surface area (Å²) in [6, 6.07) is 0. The van der Waals surface area contributed by atoms with E-state index in [1.54, 1.807) is 0 Å². The van der Waals surface area contributed by atoms with E-state index in [0.29, 0.717) is 6.54 Å². The molecule has 0 aliphatic heterocycles. The molecule has 14 heavy (non-hydrogen) atoms. The van der Waals surface area contributed by atoms with E-state index >= 15 is 0 Å². The average Bonchev–Trinajstić information content (AvgIpc) is 2.22. The molecule has 0 aromatic carbocycles. The van der Waals surface area contributed by atoms with Crippen LogP contribution in [-0.4, -0.2) is 13.1 Å². The first kappa shape index (κ1) is 12.0. The van der Waals surface area contributed by atoms with E-state index in [0.717, 1.165) is 19.4 Å². The monoisotopic (exact) mass is 201 g/mol. The largest absolute Gasteiger partial charge is 0.330 e. The van der Waals surface area contributed by atoms with Crippen LogP contribution in [0.2, 0.25) is 0 Å². The van der Waals surface area contributed by atoms with Crippen molar-refractivity contribution >= 4 is 0 Å². The third-order valence-corrected chi connectivity index (χ3v) is 2.48. The van der Waals surface area contributed by atoms with Crippen LogP contribution in [-0.2, 0) is 0 Å². The van der Waals surface area contributed by atoms with Crippen molar-refractivity contribution in [1.82, 2.24) is 0 Å². The van der Waals surface area contributed by atoms with E-state index in [4.69, 9.17) is 12.8 Å². The molecule has 0 spiro atoms. The summed E-state index contributed by atoms with van der Waals surface area (Å²) in [4.78, 5) is 0.